The van der Waals surface area contributed by atoms with Gasteiger partial charge in [0, 0.05) is 23.9 Å². The van der Waals surface area contributed by atoms with Crippen molar-refractivity contribution in [3.8, 4) is 16.9 Å². The van der Waals surface area contributed by atoms with Crippen molar-refractivity contribution in [2.24, 2.45) is 0 Å². The number of carboxylic acids is 1. The van der Waals surface area contributed by atoms with Crippen molar-refractivity contribution < 1.29 is 28.6 Å². The summed E-state index contributed by atoms with van der Waals surface area (Å²) in [5.41, 5.74) is 0.795. The Morgan fingerprint density at radius 1 is 1.24 bits per heavy atom. The van der Waals surface area contributed by atoms with Crippen LogP contribution in [0.4, 0.5) is 4.39 Å². The Bertz CT molecular complexity index is 1290. The van der Waals surface area contributed by atoms with E-state index in [1.165, 1.54) is 35.4 Å². The molecule has 10 heteroatoms. The summed E-state index contributed by atoms with van der Waals surface area (Å²) in [4.78, 5) is 40.4. The van der Waals surface area contributed by atoms with E-state index in [0.717, 1.165) is 0 Å². The van der Waals surface area contributed by atoms with Gasteiger partial charge in [0.2, 0.25) is 0 Å². The van der Waals surface area contributed by atoms with Crippen molar-refractivity contribution in [3.63, 3.8) is 0 Å². The number of carboxylic acid groups (broad SMARTS) is 1. The molecule has 1 saturated heterocycles. The summed E-state index contributed by atoms with van der Waals surface area (Å²) >= 11 is 6.20. The van der Waals surface area contributed by atoms with E-state index >= 15 is 0 Å². The Hall–Kier alpha value is -3.43. The van der Waals surface area contributed by atoms with Gasteiger partial charge in [0.05, 0.1) is 23.6 Å². The summed E-state index contributed by atoms with van der Waals surface area (Å²) in [6.07, 6.45) is -0.483. The molecule has 0 bridgehead atoms. The van der Waals surface area contributed by atoms with E-state index in [1.807, 2.05) is 0 Å². The second kappa shape index (κ2) is 9.21. The zero-order valence-electron chi connectivity index (χ0n) is 17.5. The van der Waals surface area contributed by atoms with Crippen LogP contribution in [-0.4, -0.2) is 58.8 Å². The van der Waals surface area contributed by atoms with E-state index in [4.69, 9.17) is 26.2 Å². The lowest BCUT2D eigenvalue weighted by molar-refractivity contribution is -0.161. The van der Waals surface area contributed by atoms with Crippen LogP contribution in [0.5, 0.6) is 5.75 Å². The molecule has 0 radical (unpaired) electrons. The predicted molar refractivity (Wildman–Crippen MR) is 119 cm³/mol. The van der Waals surface area contributed by atoms with Crippen molar-refractivity contribution in [3.05, 3.63) is 63.8 Å². The molecule has 172 valence electrons. The van der Waals surface area contributed by atoms with Gasteiger partial charge in [-0.2, -0.15) is 0 Å². The van der Waals surface area contributed by atoms with Gasteiger partial charge in [-0.15, -0.1) is 0 Å². The third-order valence-electron chi connectivity index (χ3n) is 5.41. The Morgan fingerprint density at radius 2 is 2.03 bits per heavy atom. The highest BCUT2D eigenvalue weighted by Gasteiger charge is 2.31. The van der Waals surface area contributed by atoms with Crippen LogP contribution in [0.3, 0.4) is 0 Å². The molecule has 2 aromatic carbocycles. The molecular weight excluding hydrogens is 455 g/mol. The van der Waals surface area contributed by atoms with Gasteiger partial charge in [0.25, 0.3) is 11.5 Å². The van der Waals surface area contributed by atoms with Gasteiger partial charge < -0.3 is 24.5 Å². The van der Waals surface area contributed by atoms with Crippen LogP contribution in [0.15, 0.2) is 47.4 Å². The Kier molecular flexibility index (Phi) is 6.35. The topological polar surface area (TPSA) is 109 Å². The molecule has 1 amide bonds. The average molecular weight is 475 g/mol. The van der Waals surface area contributed by atoms with Crippen molar-refractivity contribution in [1.29, 1.82) is 0 Å². The number of aliphatic carboxylic acids is 1. The number of pyridine rings is 1. The molecule has 1 aliphatic heterocycles. The summed E-state index contributed by atoms with van der Waals surface area (Å²) in [6, 6.07) is 8.80. The van der Waals surface area contributed by atoms with E-state index in [1.54, 1.807) is 19.1 Å². The molecule has 33 heavy (non-hydrogen) atoms. The largest absolute Gasteiger partial charge is 0.481 e. The number of rotatable bonds is 5. The van der Waals surface area contributed by atoms with Crippen molar-refractivity contribution in [1.82, 2.24) is 9.88 Å². The second-order valence-electron chi connectivity index (χ2n) is 7.61. The first-order valence-corrected chi connectivity index (χ1v) is 10.5. The van der Waals surface area contributed by atoms with Crippen molar-refractivity contribution >= 4 is 34.2 Å². The molecular formula is C23H20ClFN2O6. The number of carbonyl (C=O) groups excluding carboxylic acids is 1. The van der Waals surface area contributed by atoms with Gasteiger partial charge in [-0.3, -0.25) is 9.59 Å². The second-order valence-corrected chi connectivity index (χ2v) is 8.01. The first-order valence-electron chi connectivity index (χ1n) is 10.2. The number of nitrogens with zero attached hydrogens (tertiary/aromatic N) is 1. The van der Waals surface area contributed by atoms with E-state index in [0.29, 0.717) is 27.6 Å². The van der Waals surface area contributed by atoms with Gasteiger partial charge in [-0.25, -0.2) is 9.18 Å². The normalized spacial score (nSPS) is 17.1. The number of morpholine rings is 1. The predicted octanol–water partition coefficient (Wildman–Crippen LogP) is 3.07. The summed E-state index contributed by atoms with van der Waals surface area (Å²) in [6.45, 7) is 1.86. The number of ether oxygens (including phenoxy) is 2. The van der Waals surface area contributed by atoms with Crippen LogP contribution in [0, 0.1) is 5.82 Å². The molecule has 3 aromatic rings. The molecule has 1 aliphatic rings. The highest BCUT2D eigenvalue weighted by molar-refractivity contribution is 6.33. The van der Waals surface area contributed by atoms with Gasteiger partial charge in [-0.1, -0.05) is 11.6 Å². The number of hydrogen-bond acceptors (Lipinski definition) is 5. The standard InChI is InChI=1S/C23H20ClFN2O6/c1-12(22(29)27-6-7-32-20(11-27)23(30)31)33-14-3-5-15-17(9-14)21(28)26-10-18(15)16-4-2-13(25)8-19(16)24/h2-5,8-10,12,20H,6-7,11H2,1H3,(H,26,28)(H,30,31)/t12-,20+/m1/s1. The summed E-state index contributed by atoms with van der Waals surface area (Å²) in [5, 5.41) is 10.2. The van der Waals surface area contributed by atoms with E-state index in [-0.39, 0.29) is 36.2 Å². The molecule has 0 saturated carbocycles. The van der Waals surface area contributed by atoms with Crippen LogP contribution < -0.4 is 10.3 Å². The molecule has 4 rings (SSSR count). The number of aromatic amines is 1. The molecule has 2 heterocycles. The quantitative estimate of drug-likeness (QED) is 0.588. The number of benzene rings is 2. The molecule has 1 aromatic heterocycles. The number of amides is 1. The SMILES string of the molecule is C[C@@H](Oc1ccc2c(-c3ccc(F)cc3Cl)c[nH]c(=O)c2c1)C(=O)N1CCO[C@H](C(=O)O)C1. The minimum absolute atomic E-state index is 0.0684. The highest BCUT2D eigenvalue weighted by atomic mass is 35.5. The summed E-state index contributed by atoms with van der Waals surface area (Å²) in [7, 11) is 0. The fourth-order valence-electron chi connectivity index (χ4n) is 3.75. The monoisotopic (exact) mass is 474 g/mol. The third-order valence-corrected chi connectivity index (χ3v) is 5.72. The van der Waals surface area contributed by atoms with Gasteiger partial charge in [0.15, 0.2) is 12.2 Å². The molecule has 0 aliphatic carbocycles. The minimum Gasteiger partial charge on any atom is -0.481 e. The van der Waals surface area contributed by atoms with E-state index in [9.17, 15) is 18.8 Å². The maximum absolute atomic E-state index is 13.5. The number of H-pyrrole nitrogens is 1. The Balaban J connectivity index is 1.59. The molecule has 1 fully saturated rings. The molecule has 0 spiro atoms. The lowest BCUT2D eigenvalue weighted by Gasteiger charge is -2.32. The third kappa shape index (κ3) is 4.69. The zero-order valence-corrected chi connectivity index (χ0v) is 18.3. The molecule has 2 atom stereocenters. The average Bonchev–Trinajstić information content (AvgIpc) is 2.79. The van der Waals surface area contributed by atoms with Crippen molar-refractivity contribution in [2.75, 3.05) is 19.7 Å². The maximum Gasteiger partial charge on any atom is 0.334 e. The number of nitrogens with one attached hydrogen (secondary N) is 1. The highest BCUT2D eigenvalue weighted by Crippen LogP contribution is 2.33. The van der Waals surface area contributed by atoms with E-state index < -0.39 is 24.0 Å². The van der Waals surface area contributed by atoms with Crippen LogP contribution in [0.1, 0.15) is 6.92 Å². The molecule has 0 unspecified atom stereocenters. The Labute approximate surface area is 192 Å². The van der Waals surface area contributed by atoms with Crippen LogP contribution in [0.25, 0.3) is 21.9 Å². The lowest BCUT2D eigenvalue weighted by atomic mass is 10.0. The fourth-order valence-corrected chi connectivity index (χ4v) is 4.02. The van der Waals surface area contributed by atoms with Crippen LogP contribution in [-0.2, 0) is 14.3 Å². The number of carbonyl (C=O) groups is 2. The first kappa shape index (κ1) is 22.8. The van der Waals surface area contributed by atoms with Gasteiger partial charge >= 0.3 is 5.97 Å². The summed E-state index contributed by atoms with van der Waals surface area (Å²) in [5.74, 6) is -1.70. The van der Waals surface area contributed by atoms with Crippen molar-refractivity contribution in [2.45, 2.75) is 19.1 Å². The zero-order chi connectivity index (χ0) is 23.7. The minimum atomic E-state index is -1.13. The van der Waals surface area contributed by atoms with E-state index in [2.05, 4.69) is 4.98 Å². The van der Waals surface area contributed by atoms with Crippen LogP contribution >= 0.6 is 11.6 Å². The van der Waals surface area contributed by atoms with Crippen LogP contribution in [0.2, 0.25) is 5.02 Å². The molecule has 2 N–H and O–H groups in total. The number of hydrogen-bond donors (Lipinski definition) is 2. The number of aromatic nitrogens is 1. The molecule has 8 nitrogen and oxygen atoms in total. The smallest absolute Gasteiger partial charge is 0.334 e. The first-order chi connectivity index (χ1) is 15.7. The fraction of sp³-hybridized carbons (Fsp3) is 0.261. The lowest BCUT2D eigenvalue weighted by Crippen LogP contribution is -2.51. The number of halogens is 2. The Morgan fingerprint density at radius 3 is 2.76 bits per heavy atom. The van der Waals surface area contributed by atoms with Gasteiger partial charge in [-0.05, 0) is 48.7 Å². The maximum atomic E-state index is 13.5. The summed E-state index contributed by atoms with van der Waals surface area (Å²) < 4.78 is 24.4. The number of fused-ring (bicyclic) bond motifs is 1. The van der Waals surface area contributed by atoms with Gasteiger partial charge in [0.1, 0.15) is 11.6 Å².